The molecule has 2 aromatic carbocycles. The fraction of sp³-hybridized carbons (Fsp3) is 0.227. The maximum atomic E-state index is 13.0. The number of aromatic nitrogens is 1. The van der Waals surface area contributed by atoms with E-state index in [4.69, 9.17) is 0 Å². The fourth-order valence-electron chi connectivity index (χ4n) is 3.28. The Hall–Kier alpha value is -3.61. The number of benzene rings is 2. The molecule has 29 heavy (non-hydrogen) atoms. The number of fused-ring (bicyclic) bond motifs is 1. The first kappa shape index (κ1) is 20.1. The highest BCUT2D eigenvalue weighted by molar-refractivity contribution is 6.01. The monoisotopic (exact) mass is 393 g/mol. The van der Waals surface area contributed by atoms with Gasteiger partial charge < -0.3 is 15.3 Å². The number of carbonyl (C=O) groups excluding carboxylic acids is 1. The summed E-state index contributed by atoms with van der Waals surface area (Å²) in [5.74, 6) is -1.06. The van der Waals surface area contributed by atoms with Gasteiger partial charge in [0.2, 0.25) is 5.43 Å². The number of amides is 1. The summed E-state index contributed by atoms with van der Waals surface area (Å²) < 4.78 is 1.16. The topological polar surface area (TPSA) is 91.6 Å². The van der Waals surface area contributed by atoms with E-state index in [-0.39, 0.29) is 5.39 Å². The smallest absolute Gasteiger partial charge is 0.341 e. The highest BCUT2D eigenvalue weighted by Gasteiger charge is 2.18. The third-order valence-electron chi connectivity index (χ3n) is 4.75. The first-order valence-electron chi connectivity index (χ1n) is 9.21. The molecule has 0 fully saturated rings. The van der Waals surface area contributed by atoms with Gasteiger partial charge >= 0.3 is 12.0 Å². The zero-order valence-corrected chi connectivity index (χ0v) is 16.8. The van der Waals surface area contributed by atoms with Gasteiger partial charge in [0.15, 0.2) is 0 Å². The maximum absolute atomic E-state index is 13.0. The van der Waals surface area contributed by atoms with Gasteiger partial charge in [0, 0.05) is 37.1 Å². The number of nitrogens with one attached hydrogen (secondary N) is 1. The molecule has 3 aromatic rings. The third-order valence-corrected chi connectivity index (χ3v) is 4.75. The van der Waals surface area contributed by atoms with Crippen molar-refractivity contribution in [1.82, 2.24) is 4.57 Å². The van der Waals surface area contributed by atoms with Crippen LogP contribution in [0, 0.1) is 0 Å². The van der Waals surface area contributed by atoms with Crippen LogP contribution in [0.3, 0.4) is 0 Å². The summed E-state index contributed by atoms with van der Waals surface area (Å²) >= 11 is 0. The first-order valence-corrected chi connectivity index (χ1v) is 9.21. The average Bonchev–Trinajstić information content (AvgIpc) is 2.67. The molecule has 7 nitrogen and oxygen atoms in total. The van der Waals surface area contributed by atoms with Crippen molar-refractivity contribution in [1.29, 1.82) is 0 Å². The van der Waals surface area contributed by atoms with E-state index in [1.165, 1.54) is 6.07 Å². The summed E-state index contributed by atoms with van der Waals surface area (Å²) in [7, 11) is 3.86. The summed E-state index contributed by atoms with van der Waals surface area (Å²) in [5.41, 5.74) is 1.97. The number of nitrogens with zero attached hydrogens (tertiary/aromatic N) is 2. The summed E-state index contributed by atoms with van der Waals surface area (Å²) in [6.45, 7) is 4.20. The lowest BCUT2D eigenvalue weighted by molar-refractivity contribution is 0.0695. The Labute approximate surface area is 168 Å². The minimum atomic E-state index is -1.38. The quantitative estimate of drug-likeness (QED) is 0.700. The Morgan fingerprint density at radius 2 is 1.79 bits per heavy atom. The largest absolute Gasteiger partial charge is 0.477 e. The molecule has 1 heterocycles. The van der Waals surface area contributed by atoms with Crippen molar-refractivity contribution in [2.24, 2.45) is 0 Å². The number of para-hydroxylation sites is 1. The first-order chi connectivity index (χ1) is 13.7. The Balaban J connectivity index is 2.07. The van der Waals surface area contributed by atoms with Crippen LogP contribution in [0.4, 0.5) is 16.2 Å². The molecule has 1 amide bonds. The van der Waals surface area contributed by atoms with Gasteiger partial charge in [-0.1, -0.05) is 32.0 Å². The second kappa shape index (κ2) is 7.79. The van der Waals surface area contributed by atoms with E-state index < -0.39 is 23.0 Å². The lowest BCUT2D eigenvalue weighted by Crippen LogP contribution is -2.25. The minimum Gasteiger partial charge on any atom is -0.477 e. The summed E-state index contributed by atoms with van der Waals surface area (Å²) in [5, 5.41) is 12.3. The van der Waals surface area contributed by atoms with E-state index in [2.05, 4.69) is 19.2 Å². The molecule has 0 bridgehead atoms. The molecule has 0 aliphatic rings. The highest BCUT2D eigenvalue weighted by atomic mass is 16.4. The molecule has 0 aliphatic heterocycles. The molecular formula is C22H23N3O4. The van der Waals surface area contributed by atoms with E-state index >= 15 is 0 Å². The summed E-state index contributed by atoms with van der Waals surface area (Å²) in [4.78, 5) is 38.8. The van der Waals surface area contributed by atoms with E-state index in [1.807, 2.05) is 37.2 Å². The molecule has 0 aliphatic carbocycles. The molecule has 7 heteroatoms. The van der Waals surface area contributed by atoms with E-state index in [0.29, 0.717) is 17.1 Å². The molecule has 2 N–H and O–H groups in total. The number of carboxylic acids is 1. The zero-order valence-electron chi connectivity index (χ0n) is 16.8. The number of anilines is 2. The number of carbonyl (C=O) groups is 2. The summed E-state index contributed by atoms with van der Waals surface area (Å²) in [6, 6.07) is 11.5. The van der Waals surface area contributed by atoms with Crippen molar-refractivity contribution < 1.29 is 14.7 Å². The zero-order chi connectivity index (χ0) is 21.3. The van der Waals surface area contributed by atoms with Gasteiger partial charge in [0.25, 0.3) is 0 Å². The minimum absolute atomic E-state index is 0.173. The van der Waals surface area contributed by atoms with Crippen molar-refractivity contribution in [2.75, 3.05) is 24.3 Å². The predicted molar refractivity (Wildman–Crippen MR) is 114 cm³/mol. The molecule has 0 spiro atoms. The van der Waals surface area contributed by atoms with E-state index in [1.54, 1.807) is 18.2 Å². The number of hydrogen-bond acceptors (Lipinski definition) is 4. The second-order valence-corrected chi connectivity index (χ2v) is 7.32. The van der Waals surface area contributed by atoms with Crippen molar-refractivity contribution in [3.8, 4) is 0 Å². The third kappa shape index (κ3) is 3.85. The lowest BCUT2D eigenvalue weighted by Gasteiger charge is -2.21. The molecule has 150 valence electrons. The van der Waals surface area contributed by atoms with Crippen LogP contribution in [0.1, 0.15) is 35.7 Å². The van der Waals surface area contributed by atoms with Crippen LogP contribution >= 0.6 is 0 Å². The molecule has 0 radical (unpaired) electrons. The SMILES string of the molecule is CC(C)c1ccc(NC(=O)n2cc(C(=O)O)c(=O)c3ccccc32)cc1N(C)C. The Kier molecular flexibility index (Phi) is 5.41. The highest BCUT2D eigenvalue weighted by Crippen LogP contribution is 2.29. The van der Waals surface area contributed by atoms with Gasteiger partial charge in [-0.05, 0) is 35.7 Å². The average molecular weight is 393 g/mol. The molecule has 0 saturated carbocycles. The Morgan fingerprint density at radius 1 is 1.10 bits per heavy atom. The van der Waals surface area contributed by atoms with Gasteiger partial charge in [-0.2, -0.15) is 0 Å². The van der Waals surface area contributed by atoms with Crippen LogP contribution in [0.25, 0.3) is 10.9 Å². The van der Waals surface area contributed by atoms with Crippen molar-refractivity contribution in [2.45, 2.75) is 19.8 Å². The maximum Gasteiger partial charge on any atom is 0.341 e. The van der Waals surface area contributed by atoms with E-state index in [0.717, 1.165) is 22.0 Å². The second-order valence-electron chi connectivity index (χ2n) is 7.32. The number of rotatable bonds is 4. The Bertz CT molecular complexity index is 1160. The molecule has 0 atom stereocenters. The molecule has 0 saturated heterocycles. The predicted octanol–water partition coefficient (Wildman–Crippen LogP) is 3.97. The normalized spacial score (nSPS) is 10.9. The van der Waals surface area contributed by atoms with Gasteiger partial charge in [-0.15, -0.1) is 0 Å². The van der Waals surface area contributed by atoms with Crippen LogP contribution in [0.2, 0.25) is 0 Å². The number of pyridine rings is 1. The number of hydrogen-bond donors (Lipinski definition) is 2. The van der Waals surface area contributed by atoms with Crippen LogP contribution in [-0.4, -0.2) is 35.8 Å². The van der Waals surface area contributed by atoms with Crippen molar-refractivity contribution in [3.63, 3.8) is 0 Å². The van der Waals surface area contributed by atoms with E-state index in [9.17, 15) is 19.5 Å². The molecule has 1 aromatic heterocycles. The van der Waals surface area contributed by atoms with Gasteiger partial charge in [0.1, 0.15) is 5.56 Å². The molecule has 0 unspecified atom stereocenters. The standard InChI is InChI=1S/C22H23N3O4/c1-13(2)15-10-9-14(11-19(15)24(3)4)23-22(29)25-12-17(21(27)28)20(26)16-7-5-6-8-18(16)25/h5-13H,1-4H3,(H,23,29)(H,27,28). The van der Waals surface area contributed by atoms with Gasteiger partial charge in [-0.25, -0.2) is 9.59 Å². The van der Waals surface area contributed by atoms with Crippen LogP contribution < -0.4 is 15.6 Å². The molecule has 3 rings (SSSR count). The summed E-state index contributed by atoms with van der Waals surface area (Å²) in [6.07, 6.45) is 1.07. The number of aromatic carboxylic acids is 1. The lowest BCUT2D eigenvalue weighted by atomic mass is 10.00. The van der Waals surface area contributed by atoms with Crippen LogP contribution in [-0.2, 0) is 0 Å². The Morgan fingerprint density at radius 3 is 2.41 bits per heavy atom. The fourth-order valence-corrected chi connectivity index (χ4v) is 3.28. The van der Waals surface area contributed by atoms with Crippen molar-refractivity contribution >= 4 is 34.3 Å². The van der Waals surface area contributed by atoms with Crippen LogP contribution in [0.5, 0.6) is 0 Å². The van der Waals surface area contributed by atoms with Gasteiger partial charge in [-0.3, -0.25) is 9.36 Å². The molecular weight excluding hydrogens is 370 g/mol. The number of carboxylic acid groups (broad SMARTS) is 1. The van der Waals surface area contributed by atoms with Crippen molar-refractivity contribution in [3.05, 3.63) is 70.0 Å². The van der Waals surface area contributed by atoms with Gasteiger partial charge in [0.05, 0.1) is 5.52 Å². The van der Waals surface area contributed by atoms with Crippen LogP contribution in [0.15, 0.2) is 53.5 Å².